The first-order valence-electron chi connectivity index (χ1n) is 4.94. The fraction of sp³-hybridized carbons (Fsp3) is 0.778. The van der Waals surface area contributed by atoms with Crippen molar-refractivity contribution in [3.8, 4) is 0 Å². The van der Waals surface area contributed by atoms with Crippen LogP contribution in [0.4, 0.5) is 13.2 Å². The number of carboxylic acids is 1. The largest absolute Gasteiger partial charge is 0.480 e. The summed E-state index contributed by atoms with van der Waals surface area (Å²) in [6.07, 6.45) is -3.56. The first kappa shape index (κ1) is 11.2. The van der Waals surface area contributed by atoms with Crippen LogP contribution < -0.4 is 0 Å². The van der Waals surface area contributed by atoms with Crippen LogP contribution in [0.15, 0.2) is 0 Å². The van der Waals surface area contributed by atoms with Gasteiger partial charge < -0.3 is 10.0 Å². The minimum Gasteiger partial charge on any atom is -0.480 e. The van der Waals surface area contributed by atoms with Crippen molar-refractivity contribution in [1.29, 1.82) is 0 Å². The summed E-state index contributed by atoms with van der Waals surface area (Å²) in [6, 6.07) is -1.85. The highest BCUT2D eigenvalue weighted by molar-refractivity contribution is 5.88. The molecule has 4 nitrogen and oxygen atoms in total. The lowest BCUT2D eigenvalue weighted by Gasteiger charge is -2.32. The standard InChI is InChI=1S/C9H10F3NO3/c10-9(11,12)8(16)13-5-2-1-4(3-5)6(13)7(14)15/h4-6H,1-3H2,(H,14,15)/t4-,5+,6+/m1/s1. The maximum Gasteiger partial charge on any atom is 0.471 e. The molecule has 0 unspecified atom stereocenters. The van der Waals surface area contributed by atoms with Gasteiger partial charge in [0.1, 0.15) is 6.04 Å². The van der Waals surface area contributed by atoms with Crippen molar-refractivity contribution in [3.63, 3.8) is 0 Å². The monoisotopic (exact) mass is 237 g/mol. The number of amides is 1. The SMILES string of the molecule is O=C(O)[C@@H]1[C@@H]2CC[C@@H](C2)N1C(=O)C(F)(F)F. The number of fused-ring (bicyclic) bond motifs is 2. The molecule has 7 heteroatoms. The van der Waals surface area contributed by atoms with Crippen LogP contribution in [-0.4, -0.2) is 40.1 Å². The second-order valence-corrected chi connectivity index (χ2v) is 4.22. The highest BCUT2D eigenvalue weighted by atomic mass is 19.4. The predicted molar refractivity (Wildman–Crippen MR) is 45.5 cm³/mol. The van der Waals surface area contributed by atoms with Gasteiger partial charge in [0, 0.05) is 6.04 Å². The molecule has 1 heterocycles. The van der Waals surface area contributed by atoms with Gasteiger partial charge in [-0.3, -0.25) is 4.79 Å². The lowest BCUT2D eigenvalue weighted by Crippen LogP contribution is -2.53. The van der Waals surface area contributed by atoms with E-state index in [1.165, 1.54) is 0 Å². The first-order valence-corrected chi connectivity index (χ1v) is 4.94. The Kier molecular flexibility index (Phi) is 2.36. The van der Waals surface area contributed by atoms with Crippen LogP contribution >= 0.6 is 0 Å². The van der Waals surface area contributed by atoms with E-state index in [0.717, 1.165) is 0 Å². The molecule has 90 valence electrons. The molecule has 1 saturated carbocycles. The summed E-state index contributed by atoms with van der Waals surface area (Å²) in [7, 11) is 0. The molecule has 16 heavy (non-hydrogen) atoms. The predicted octanol–water partition coefficient (Wildman–Crippen LogP) is 1.01. The molecule has 1 aliphatic heterocycles. The Labute approximate surface area is 89.0 Å². The van der Waals surface area contributed by atoms with Crippen LogP contribution in [0.25, 0.3) is 0 Å². The van der Waals surface area contributed by atoms with E-state index in [-0.39, 0.29) is 5.92 Å². The van der Waals surface area contributed by atoms with Gasteiger partial charge in [0.15, 0.2) is 0 Å². The number of nitrogens with zero attached hydrogens (tertiary/aromatic N) is 1. The van der Waals surface area contributed by atoms with E-state index >= 15 is 0 Å². The number of piperidine rings is 1. The molecule has 0 radical (unpaired) electrons. The van der Waals surface area contributed by atoms with E-state index in [0.29, 0.717) is 24.2 Å². The third kappa shape index (κ3) is 1.54. The molecule has 0 aromatic rings. The molecule has 1 aliphatic carbocycles. The fourth-order valence-electron chi connectivity index (χ4n) is 2.74. The maximum absolute atomic E-state index is 12.3. The number of likely N-dealkylation sites (tertiary alicyclic amines) is 1. The highest BCUT2D eigenvalue weighted by Gasteiger charge is 2.57. The number of carbonyl (C=O) groups is 2. The van der Waals surface area contributed by atoms with Crippen molar-refractivity contribution in [1.82, 2.24) is 4.90 Å². The van der Waals surface area contributed by atoms with E-state index in [1.54, 1.807) is 0 Å². The van der Waals surface area contributed by atoms with Crippen molar-refractivity contribution >= 4 is 11.9 Å². The van der Waals surface area contributed by atoms with Gasteiger partial charge in [-0.25, -0.2) is 4.79 Å². The molecule has 1 saturated heterocycles. The Bertz CT molecular complexity index is 341. The molecule has 2 fully saturated rings. The van der Waals surface area contributed by atoms with Gasteiger partial charge in [0.05, 0.1) is 0 Å². The molecule has 2 aliphatic rings. The Morgan fingerprint density at radius 2 is 1.88 bits per heavy atom. The Balaban J connectivity index is 2.26. The third-order valence-corrected chi connectivity index (χ3v) is 3.32. The Morgan fingerprint density at radius 1 is 1.25 bits per heavy atom. The molecule has 3 atom stereocenters. The summed E-state index contributed by atoms with van der Waals surface area (Å²) in [4.78, 5) is 22.5. The summed E-state index contributed by atoms with van der Waals surface area (Å²) < 4.78 is 36.8. The number of rotatable bonds is 1. The number of hydrogen-bond acceptors (Lipinski definition) is 2. The normalized spacial score (nSPS) is 33.2. The average Bonchev–Trinajstić information content (AvgIpc) is 2.72. The van der Waals surface area contributed by atoms with Gasteiger partial charge in [-0.05, 0) is 25.2 Å². The quantitative estimate of drug-likeness (QED) is 0.740. The number of carboxylic acid groups (broad SMARTS) is 1. The first-order chi connectivity index (χ1) is 7.32. The average molecular weight is 237 g/mol. The van der Waals surface area contributed by atoms with Crippen LogP contribution in [0.2, 0.25) is 0 Å². The number of hydrogen-bond donors (Lipinski definition) is 1. The van der Waals surface area contributed by atoms with E-state index in [4.69, 9.17) is 5.11 Å². The zero-order valence-corrected chi connectivity index (χ0v) is 8.20. The van der Waals surface area contributed by atoms with Gasteiger partial charge in [0.25, 0.3) is 0 Å². The number of alkyl halides is 3. The number of aliphatic carboxylic acids is 1. The van der Waals surface area contributed by atoms with Gasteiger partial charge in [-0.15, -0.1) is 0 Å². The van der Waals surface area contributed by atoms with Crippen LogP contribution in [0.3, 0.4) is 0 Å². The summed E-state index contributed by atoms with van der Waals surface area (Å²) in [5.41, 5.74) is 0. The Hall–Kier alpha value is -1.27. The van der Waals surface area contributed by atoms with Crippen molar-refractivity contribution < 1.29 is 27.9 Å². The number of halogens is 3. The minimum absolute atomic E-state index is 0.325. The van der Waals surface area contributed by atoms with Crippen molar-refractivity contribution in [3.05, 3.63) is 0 Å². The van der Waals surface area contributed by atoms with Gasteiger partial charge >= 0.3 is 18.1 Å². The Morgan fingerprint density at radius 3 is 2.38 bits per heavy atom. The van der Waals surface area contributed by atoms with E-state index in [9.17, 15) is 22.8 Å². The molecular formula is C9H10F3NO3. The third-order valence-electron chi connectivity index (χ3n) is 3.32. The lowest BCUT2D eigenvalue weighted by atomic mass is 9.99. The second-order valence-electron chi connectivity index (χ2n) is 4.22. The van der Waals surface area contributed by atoms with E-state index in [2.05, 4.69) is 0 Å². The molecule has 2 bridgehead atoms. The molecule has 2 rings (SSSR count). The fourth-order valence-corrected chi connectivity index (χ4v) is 2.74. The summed E-state index contributed by atoms with van der Waals surface area (Å²) >= 11 is 0. The van der Waals surface area contributed by atoms with Gasteiger partial charge in [0.2, 0.25) is 0 Å². The van der Waals surface area contributed by atoms with Crippen LogP contribution in [0.5, 0.6) is 0 Å². The molecule has 0 aromatic heterocycles. The van der Waals surface area contributed by atoms with Crippen LogP contribution in [-0.2, 0) is 9.59 Å². The molecular weight excluding hydrogens is 227 g/mol. The topological polar surface area (TPSA) is 57.6 Å². The van der Waals surface area contributed by atoms with Crippen LogP contribution in [0.1, 0.15) is 19.3 Å². The zero-order valence-electron chi connectivity index (χ0n) is 8.20. The molecule has 1 amide bonds. The second kappa shape index (κ2) is 3.36. The van der Waals surface area contributed by atoms with Crippen molar-refractivity contribution in [2.24, 2.45) is 5.92 Å². The van der Waals surface area contributed by atoms with E-state index < -0.39 is 30.1 Å². The molecule has 1 N–H and O–H groups in total. The van der Waals surface area contributed by atoms with Gasteiger partial charge in [-0.2, -0.15) is 13.2 Å². The maximum atomic E-state index is 12.3. The van der Waals surface area contributed by atoms with Gasteiger partial charge in [-0.1, -0.05) is 0 Å². The summed E-state index contributed by atoms with van der Waals surface area (Å²) in [5.74, 6) is -3.69. The minimum atomic E-state index is -4.99. The summed E-state index contributed by atoms with van der Waals surface area (Å²) in [6.45, 7) is 0. The molecule has 0 spiro atoms. The van der Waals surface area contributed by atoms with Crippen LogP contribution in [0, 0.1) is 5.92 Å². The highest BCUT2D eigenvalue weighted by Crippen LogP contribution is 2.44. The van der Waals surface area contributed by atoms with Crippen molar-refractivity contribution in [2.75, 3.05) is 0 Å². The van der Waals surface area contributed by atoms with Crippen molar-refractivity contribution in [2.45, 2.75) is 37.5 Å². The number of carbonyl (C=O) groups excluding carboxylic acids is 1. The summed E-state index contributed by atoms with van der Waals surface area (Å²) in [5, 5.41) is 8.86. The van der Waals surface area contributed by atoms with E-state index in [1.807, 2.05) is 0 Å². The lowest BCUT2D eigenvalue weighted by molar-refractivity contribution is -0.191. The zero-order chi connectivity index (χ0) is 12.1. The smallest absolute Gasteiger partial charge is 0.471 e. The molecule has 0 aromatic carbocycles.